The van der Waals surface area contributed by atoms with E-state index in [0.29, 0.717) is 18.2 Å². The molecule has 242 valence electrons. The Balaban J connectivity index is 1.33. The summed E-state index contributed by atoms with van der Waals surface area (Å²) in [5.41, 5.74) is 0.275. The van der Waals surface area contributed by atoms with Crippen molar-refractivity contribution < 1.29 is 51.7 Å². The van der Waals surface area contributed by atoms with E-state index in [1.807, 2.05) is 5.32 Å². The van der Waals surface area contributed by atoms with Gasteiger partial charge in [0.25, 0.3) is 0 Å². The number of morpholine rings is 1. The first kappa shape index (κ1) is 32.2. The molecule has 2 unspecified atom stereocenters. The molecule has 2 saturated heterocycles. The van der Waals surface area contributed by atoms with Gasteiger partial charge < -0.3 is 29.5 Å². The van der Waals surface area contributed by atoms with Crippen LogP contribution in [-0.4, -0.2) is 68.7 Å². The Morgan fingerprint density at radius 3 is 2.51 bits per heavy atom. The first-order chi connectivity index (χ1) is 21.5. The molecule has 2 fully saturated rings. The second-order valence-electron chi connectivity index (χ2n) is 10.7. The molecule has 0 bridgehead atoms. The number of ketones is 1. The maximum absolute atomic E-state index is 14.1. The van der Waals surface area contributed by atoms with Crippen molar-refractivity contribution in [2.75, 3.05) is 55.1 Å². The highest BCUT2D eigenvalue weighted by Gasteiger charge is 2.38. The maximum atomic E-state index is 14.1. The molecular weight excluding hydrogens is 601 g/mol. The molecule has 0 aromatic heterocycles. The van der Waals surface area contributed by atoms with Crippen LogP contribution < -0.4 is 21.0 Å². The van der Waals surface area contributed by atoms with Crippen LogP contribution in [0.25, 0.3) is 0 Å². The number of carbonyl (C=O) groups excluding carboxylic acids is 2. The molecule has 45 heavy (non-hydrogen) atoms. The molecule has 2 aromatic rings. The maximum Gasteiger partial charge on any atom is 0.418 e. The third-order valence-corrected chi connectivity index (χ3v) is 7.59. The molecule has 0 aliphatic carbocycles. The van der Waals surface area contributed by atoms with E-state index in [1.54, 1.807) is 30.5 Å². The number of amides is 2. The normalized spacial score (nSPS) is 21.7. The van der Waals surface area contributed by atoms with E-state index in [1.165, 1.54) is 11.0 Å². The summed E-state index contributed by atoms with van der Waals surface area (Å²) in [6, 6.07) is 8.08. The first-order valence-electron chi connectivity index (χ1n) is 14.4. The van der Waals surface area contributed by atoms with Crippen molar-refractivity contribution in [2.24, 2.45) is 0 Å². The van der Waals surface area contributed by atoms with Gasteiger partial charge in [-0.1, -0.05) is 18.2 Å². The summed E-state index contributed by atoms with van der Waals surface area (Å²) >= 11 is 0. The zero-order valence-corrected chi connectivity index (χ0v) is 24.2. The fraction of sp³-hybridized carbons (Fsp3) is 0.433. The summed E-state index contributed by atoms with van der Waals surface area (Å²) in [4.78, 5) is 44.8. The summed E-state index contributed by atoms with van der Waals surface area (Å²) < 4.78 is 59.1. The molecule has 0 radical (unpaired) electrons. The van der Waals surface area contributed by atoms with Crippen LogP contribution in [0.5, 0.6) is 0 Å². The number of carbonyl (C=O) groups is 3. The summed E-state index contributed by atoms with van der Waals surface area (Å²) in [6.45, 7) is 1.40. The van der Waals surface area contributed by atoms with Gasteiger partial charge in [0, 0.05) is 31.5 Å². The second kappa shape index (κ2) is 13.9. The van der Waals surface area contributed by atoms with E-state index >= 15 is 0 Å². The van der Waals surface area contributed by atoms with Gasteiger partial charge in [-0.2, -0.15) is 13.2 Å². The fourth-order valence-corrected chi connectivity index (χ4v) is 5.32. The summed E-state index contributed by atoms with van der Waals surface area (Å²) in [5, 5.41) is 13.7. The highest BCUT2D eigenvalue weighted by Crippen LogP contribution is 2.42. The van der Waals surface area contributed by atoms with E-state index in [0.717, 1.165) is 25.3 Å². The molecule has 5 rings (SSSR count). The van der Waals surface area contributed by atoms with Crippen molar-refractivity contribution in [3.8, 4) is 0 Å². The Labute approximate surface area is 256 Å². The third-order valence-electron chi connectivity index (χ3n) is 7.59. The van der Waals surface area contributed by atoms with Crippen LogP contribution in [-0.2, 0) is 35.6 Å². The summed E-state index contributed by atoms with van der Waals surface area (Å²) in [5.74, 6) is -1.55. The number of carboxylic acid groups (broad SMARTS) is 1. The number of halogens is 3. The molecule has 2 atom stereocenters. The number of hydrogen-bond acceptors (Lipinski definition) is 9. The molecule has 0 saturated carbocycles. The minimum atomic E-state index is -4.82. The zero-order valence-electron chi connectivity index (χ0n) is 24.2. The quantitative estimate of drug-likeness (QED) is 0.215. The molecule has 15 heteroatoms. The minimum absolute atomic E-state index is 0.0840. The predicted octanol–water partition coefficient (Wildman–Crippen LogP) is 4.63. The Kier molecular flexibility index (Phi) is 9.92. The Bertz CT molecular complexity index is 1440. The average molecular weight is 635 g/mol. The lowest BCUT2D eigenvalue weighted by atomic mass is 9.92. The number of rotatable bonds is 10. The number of Topliss-reactive ketones (excluding diaryl/α,β-unsaturated/α-hetero) is 1. The van der Waals surface area contributed by atoms with Crippen molar-refractivity contribution in [2.45, 2.75) is 43.8 Å². The highest BCUT2D eigenvalue weighted by atomic mass is 19.4. The lowest BCUT2D eigenvalue weighted by Crippen LogP contribution is -2.37. The topological polar surface area (TPSA) is 148 Å². The average Bonchev–Trinajstić information content (AvgIpc) is 3.51. The molecule has 3 heterocycles. The number of anilines is 3. The monoisotopic (exact) mass is 634 g/mol. The lowest BCUT2D eigenvalue weighted by molar-refractivity contribution is -0.197. The van der Waals surface area contributed by atoms with Gasteiger partial charge in [-0.25, -0.2) is 4.79 Å². The molecule has 3 aliphatic rings. The van der Waals surface area contributed by atoms with Gasteiger partial charge in [-0.3, -0.25) is 25.2 Å². The number of benzene rings is 2. The Hall–Kier alpha value is -4.18. The molecule has 0 spiro atoms. The third kappa shape index (κ3) is 7.92. The van der Waals surface area contributed by atoms with E-state index in [9.17, 15) is 32.7 Å². The number of nitrogens with zero attached hydrogens (tertiary/aromatic N) is 1. The van der Waals surface area contributed by atoms with Crippen LogP contribution in [0.15, 0.2) is 48.7 Å². The molecule has 3 aliphatic heterocycles. The Morgan fingerprint density at radius 1 is 1.07 bits per heavy atom. The van der Waals surface area contributed by atoms with Crippen LogP contribution in [0.1, 0.15) is 47.2 Å². The van der Waals surface area contributed by atoms with Crippen molar-refractivity contribution in [1.82, 2.24) is 5.48 Å². The van der Waals surface area contributed by atoms with Crippen LogP contribution in [0.3, 0.4) is 0 Å². The van der Waals surface area contributed by atoms with Crippen LogP contribution in [0.4, 0.5) is 35.0 Å². The van der Waals surface area contributed by atoms with E-state index in [4.69, 9.17) is 19.0 Å². The van der Waals surface area contributed by atoms with Gasteiger partial charge in [0.15, 0.2) is 17.7 Å². The molecule has 2 amide bonds. The summed E-state index contributed by atoms with van der Waals surface area (Å²) in [7, 11) is 0. The van der Waals surface area contributed by atoms with Gasteiger partial charge >= 0.3 is 12.3 Å². The largest absolute Gasteiger partial charge is 0.465 e. The molecular formula is C30H33F3N4O8. The van der Waals surface area contributed by atoms with Crippen molar-refractivity contribution in [3.05, 3.63) is 65.4 Å². The fourth-order valence-electron chi connectivity index (χ4n) is 5.32. The minimum Gasteiger partial charge on any atom is -0.465 e. The Morgan fingerprint density at radius 2 is 1.84 bits per heavy atom. The van der Waals surface area contributed by atoms with Crippen molar-refractivity contribution >= 4 is 34.8 Å². The van der Waals surface area contributed by atoms with Crippen LogP contribution in [0.2, 0.25) is 0 Å². The number of alkyl halides is 3. The van der Waals surface area contributed by atoms with Crippen molar-refractivity contribution in [1.29, 1.82) is 0 Å². The van der Waals surface area contributed by atoms with Gasteiger partial charge in [0.05, 0.1) is 48.9 Å². The lowest BCUT2D eigenvalue weighted by Gasteiger charge is -2.32. The first-order valence-corrected chi connectivity index (χ1v) is 14.4. The van der Waals surface area contributed by atoms with E-state index in [-0.39, 0.29) is 56.1 Å². The van der Waals surface area contributed by atoms with Crippen molar-refractivity contribution in [3.63, 3.8) is 0 Å². The number of nitrogens with one attached hydrogen (secondary N) is 3. The van der Waals surface area contributed by atoms with Gasteiger partial charge in [-0.15, -0.1) is 0 Å². The molecule has 2 aromatic carbocycles. The smallest absolute Gasteiger partial charge is 0.418 e. The van der Waals surface area contributed by atoms with Gasteiger partial charge in [0.1, 0.15) is 0 Å². The summed E-state index contributed by atoms with van der Waals surface area (Å²) in [6.07, 6.45) is -1.47. The number of ether oxygens (including phenoxy) is 3. The van der Waals surface area contributed by atoms with E-state index in [2.05, 4.69) is 10.8 Å². The number of hydroxylamine groups is 1. The predicted molar refractivity (Wildman–Crippen MR) is 155 cm³/mol. The van der Waals surface area contributed by atoms with Crippen LogP contribution >= 0.6 is 0 Å². The molecule has 12 nitrogen and oxygen atoms in total. The standard InChI is InChI=1S/C30H33F3N4O8/c31-30(32,33)21-15-22(23(36-28(40)41)16-24(21)37-9-12-42-13-10-37)35-26(39)17-25(38)19-4-3-5-20(14-19)29(7-8-34-45-29)18-44-27-6-1-2-11-43-27/h3-5,7-8,14-16,27,34,36H,1-2,6,9-13,17-18H2,(H,35,39)(H,40,41). The highest BCUT2D eigenvalue weighted by molar-refractivity contribution is 6.12. The molecule has 4 N–H and O–H groups in total. The van der Waals surface area contributed by atoms with Gasteiger partial charge in [-0.05, 0) is 49.1 Å². The second-order valence-corrected chi connectivity index (χ2v) is 10.7. The SMILES string of the molecule is O=C(O)Nc1cc(N2CCOCC2)c(C(F)(F)F)cc1NC(=O)CC(=O)c1cccc(C2(COC3CCCCO3)C=CNO2)c1. The van der Waals surface area contributed by atoms with Crippen LogP contribution in [0, 0.1) is 0 Å². The van der Waals surface area contributed by atoms with Gasteiger partial charge in [0.2, 0.25) is 5.91 Å². The number of hydrogen-bond donors (Lipinski definition) is 4. The van der Waals surface area contributed by atoms with E-state index < -0.39 is 47.2 Å². The zero-order chi connectivity index (χ0) is 32.0.